The molecule has 2 heterocycles. The second-order valence-corrected chi connectivity index (χ2v) is 8.89. The van der Waals surface area contributed by atoms with Crippen LogP contribution in [0.5, 0.6) is 11.5 Å². The van der Waals surface area contributed by atoms with Gasteiger partial charge in [-0.3, -0.25) is 9.62 Å². The Balaban J connectivity index is 0.00000272. The van der Waals surface area contributed by atoms with Crippen LogP contribution in [0.2, 0.25) is 0 Å². The molecule has 0 radical (unpaired) electrons. The zero-order valence-electron chi connectivity index (χ0n) is 17.2. The van der Waals surface area contributed by atoms with E-state index in [1.807, 2.05) is 12.1 Å². The minimum atomic E-state index is -3.95. The molecule has 1 saturated heterocycles. The molecule has 0 bridgehead atoms. The number of hydrogen-bond acceptors (Lipinski definition) is 8. The molecule has 0 aliphatic carbocycles. The number of rotatable bonds is 7. The summed E-state index contributed by atoms with van der Waals surface area (Å²) in [6.45, 7) is 2.46. The Labute approximate surface area is 186 Å². The van der Waals surface area contributed by atoms with Crippen molar-refractivity contribution in [2.75, 3.05) is 32.0 Å². The highest BCUT2D eigenvalue weighted by Crippen LogP contribution is 2.36. The van der Waals surface area contributed by atoms with Crippen LogP contribution in [0.1, 0.15) is 12.0 Å². The summed E-state index contributed by atoms with van der Waals surface area (Å²) in [5.74, 6) is 0.767. The van der Waals surface area contributed by atoms with E-state index in [9.17, 15) is 8.42 Å². The first-order valence-corrected chi connectivity index (χ1v) is 11.0. The predicted molar refractivity (Wildman–Crippen MR) is 119 cm³/mol. The highest BCUT2D eigenvalue weighted by atomic mass is 35.5. The van der Waals surface area contributed by atoms with E-state index in [-0.39, 0.29) is 34.9 Å². The summed E-state index contributed by atoms with van der Waals surface area (Å²) < 4.78 is 44.4. The fourth-order valence-corrected chi connectivity index (χ4v) is 4.88. The van der Waals surface area contributed by atoms with Gasteiger partial charge >= 0.3 is 0 Å². The maximum absolute atomic E-state index is 12.9. The Hall–Kier alpha value is -2.53. The van der Waals surface area contributed by atoms with E-state index in [1.165, 1.54) is 20.3 Å². The fourth-order valence-electron chi connectivity index (χ4n) is 3.70. The Morgan fingerprint density at radius 1 is 1.23 bits per heavy atom. The molecule has 1 unspecified atom stereocenters. The van der Waals surface area contributed by atoms with Gasteiger partial charge in [0.05, 0.1) is 14.2 Å². The number of hydrogen-bond donors (Lipinski definition) is 2. The topological polar surface area (TPSA) is 120 Å². The number of nitrogens with two attached hydrogens (primary N) is 1. The first kappa shape index (κ1) is 23.1. The van der Waals surface area contributed by atoms with Gasteiger partial charge in [0, 0.05) is 25.7 Å². The minimum absolute atomic E-state index is 0. The molecule has 31 heavy (non-hydrogen) atoms. The summed E-state index contributed by atoms with van der Waals surface area (Å²) in [7, 11) is -1.01. The quantitative estimate of drug-likeness (QED) is 0.543. The summed E-state index contributed by atoms with van der Waals surface area (Å²) in [5.41, 5.74) is 7.40. The highest BCUT2D eigenvalue weighted by molar-refractivity contribution is 7.92. The van der Waals surface area contributed by atoms with Gasteiger partial charge < -0.3 is 19.7 Å². The lowest BCUT2D eigenvalue weighted by molar-refractivity contribution is 0.326. The molecular weight excluding hydrogens is 444 g/mol. The number of anilines is 1. The molecule has 1 atom stereocenters. The van der Waals surface area contributed by atoms with Crippen molar-refractivity contribution < 1.29 is 22.4 Å². The molecule has 4 rings (SSSR count). The zero-order chi connectivity index (χ0) is 21.3. The van der Waals surface area contributed by atoms with E-state index in [4.69, 9.17) is 19.7 Å². The third-order valence-electron chi connectivity index (χ3n) is 5.12. The summed E-state index contributed by atoms with van der Waals surface area (Å²) >= 11 is 0. The van der Waals surface area contributed by atoms with Crippen molar-refractivity contribution in [3.8, 4) is 11.5 Å². The van der Waals surface area contributed by atoms with E-state index in [0.717, 1.165) is 25.1 Å². The van der Waals surface area contributed by atoms with E-state index < -0.39 is 10.0 Å². The molecule has 2 aromatic carbocycles. The van der Waals surface area contributed by atoms with Crippen LogP contribution in [0.25, 0.3) is 11.0 Å². The number of likely N-dealkylation sites (tertiary alicyclic amines) is 1. The number of benzene rings is 2. The van der Waals surface area contributed by atoms with Crippen molar-refractivity contribution in [2.24, 2.45) is 5.73 Å². The lowest BCUT2D eigenvalue weighted by Crippen LogP contribution is -2.26. The van der Waals surface area contributed by atoms with Crippen LogP contribution in [0, 0.1) is 0 Å². The lowest BCUT2D eigenvalue weighted by Gasteiger charge is -2.16. The van der Waals surface area contributed by atoms with Gasteiger partial charge in [0.2, 0.25) is 0 Å². The number of halogens is 1. The third kappa shape index (κ3) is 4.72. The molecule has 0 amide bonds. The van der Waals surface area contributed by atoms with E-state index in [1.54, 1.807) is 18.2 Å². The molecule has 0 saturated carbocycles. The molecule has 1 fully saturated rings. The molecule has 1 aliphatic rings. The molecule has 1 aromatic heterocycles. The lowest BCUT2D eigenvalue weighted by atomic mass is 10.1. The number of ether oxygens (including phenoxy) is 2. The smallest absolute Gasteiger partial charge is 0.266 e. The maximum Gasteiger partial charge on any atom is 0.266 e. The van der Waals surface area contributed by atoms with Crippen LogP contribution in [0.15, 0.2) is 45.8 Å². The van der Waals surface area contributed by atoms with Crippen LogP contribution in [-0.2, 0) is 16.6 Å². The van der Waals surface area contributed by atoms with Crippen molar-refractivity contribution in [2.45, 2.75) is 23.9 Å². The van der Waals surface area contributed by atoms with Crippen molar-refractivity contribution in [1.29, 1.82) is 0 Å². The number of methoxy groups -OCH3 is 2. The normalized spacial score (nSPS) is 16.8. The van der Waals surface area contributed by atoms with Gasteiger partial charge in [0.15, 0.2) is 11.4 Å². The second kappa shape index (κ2) is 9.31. The monoisotopic (exact) mass is 468 g/mol. The number of nitrogens with zero attached hydrogens (tertiary/aromatic N) is 2. The highest BCUT2D eigenvalue weighted by Gasteiger charge is 2.25. The van der Waals surface area contributed by atoms with E-state index in [2.05, 4.69) is 14.8 Å². The standard InChI is InChI=1S/C20H24N4O5S.ClH/c1-27-15-5-3-4-6-18(15)30(25,26)23-20-19-16(28-2)9-13(10-17(19)29-22-20)11-24-8-7-14(21)12-24;/h3-6,9-10,14H,7-8,11-12,21H2,1-2H3,(H,22,23);1H. The molecular formula is C20H25ClN4O5S. The van der Waals surface area contributed by atoms with Crippen LogP contribution in [-0.4, -0.2) is 51.8 Å². The Bertz CT molecular complexity index is 1170. The average molecular weight is 469 g/mol. The van der Waals surface area contributed by atoms with Crippen LogP contribution >= 0.6 is 12.4 Å². The zero-order valence-corrected chi connectivity index (χ0v) is 18.8. The van der Waals surface area contributed by atoms with Crippen LogP contribution in [0.3, 0.4) is 0 Å². The number of fused-ring (bicyclic) bond motifs is 1. The van der Waals surface area contributed by atoms with Crippen LogP contribution < -0.4 is 19.9 Å². The van der Waals surface area contributed by atoms with Crippen molar-refractivity contribution in [3.05, 3.63) is 42.0 Å². The van der Waals surface area contributed by atoms with E-state index >= 15 is 0 Å². The SMILES string of the molecule is COc1ccccc1S(=O)(=O)Nc1noc2cc(CN3CCC(N)C3)cc(OC)c12.Cl. The average Bonchev–Trinajstić information content (AvgIpc) is 3.33. The molecule has 1 aliphatic heterocycles. The van der Waals surface area contributed by atoms with Gasteiger partial charge in [-0.05, 0) is 36.2 Å². The van der Waals surface area contributed by atoms with Gasteiger partial charge in [-0.15, -0.1) is 12.4 Å². The van der Waals surface area contributed by atoms with E-state index in [0.29, 0.717) is 23.3 Å². The number of aromatic nitrogens is 1. The van der Waals surface area contributed by atoms with Gasteiger partial charge in [-0.1, -0.05) is 17.3 Å². The van der Waals surface area contributed by atoms with Crippen LogP contribution in [0.4, 0.5) is 5.82 Å². The van der Waals surface area contributed by atoms with Gasteiger partial charge in [-0.25, -0.2) is 8.42 Å². The second-order valence-electron chi connectivity index (χ2n) is 7.24. The fraction of sp³-hybridized carbons (Fsp3) is 0.350. The summed E-state index contributed by atoms with van der Waals surface area (Å²) in [4.78, 5) is 2.26. The summed E-state index contributed by atoms with van der Waals surface area (Å²) in [6.07, 6.45) is 0.969. The maximum atomic E-state index is 12.9. The van der Waals surface area contributed by atoms with Crippen molar-refractivity contribution >= 4 is 39.2 Å². The Kier molecular flexibility index (Phi) is 6.95. The molecule has 168 valence electrons. The molecule has 3 N–H and O–H groups in total. The first-order valence-electron chi connectivity index (χ1n) is 9.51. The number of nitrogens with one attached hydrogen (secondary N) is 1. The van der Waals surface area contributed by atoms with Gasteiger partial charge in [-0.2, -0.15) is 0 Å². The molecule has 0 spiro atoms. The summed E-state index contributed by atoms with van der Waals surface area (Å²) in [5, 5.41) is 4.39. The molecule has 11 heteroatoms. The predicted octanol–water partition coefficient (Wildman–Crippen LogP) is 2.60. The third-order valence-corrected chi connectivity index (χ3v) is 6.50. The Morgan fingerprint density at radius 3 is 2.65 bits per heavy atom. The van der Waals surface area contributed by atoms with Gasteiger partial charge in [0.25, 0.3) is 10.0 Å². The van der Waals surface area contributed by atoms with Crippen molar-refractivity contribution in [3.63, 3.8) is 0 Å². The molecule has 3 aromatic rings. The number of para-hydroxylation sites is 1. The number of sulfonamides is 1. The van der Waals surface area contributed by atoms with Gasteiger partial charge in [0.1, 0.15) is 21.8 Å². The first-order chi connectivity index (χ1) is 14.4. The Morgan fingerprint density at radius 2 is 1.97 bits per heavy atom. The summed E-state index contributed by atoms with van der Waals surface area (Å²) in [6, 6.07) is 10.2. The minimum Gasteiger partial charge on any atom is -0.496 e. The largest absolute Gasteiger partial charge is 0.496 e. The van der Waals surface area contributed by atoms with Crippen molar-refractivity contribution in [1.82, 2.24) is 10.1 Å². The molecule has 9 nitrogen and oxygen atoms in total.